The molecule has 1 radical (unpaired) electrons. The first kappa shape index (κ1) is 33.7. The number of carbonyl (C=O) groups is 1. The van der Waals surface area contributed by atoms with E-state index in [1.54, 1.807) is 0 Å². The Morgan fingerprint density at radius 1 is 0.921 bits per heavy atom. The predicted octanol–water partition coefficient (Wildman–Crippen LogP) is 9.52. The van der Waals surface area contributed by atoms with Crippen LogP contribution in [0.3, 0.4) is 0 Å². The van der Waals surface area contributed by atoms with Gasteiger partial charge < -0.3 is 10.1 Å². The van der Waals surface area contributed by atoms with Crippen molar-refractivity contribution < 1.29 is 30.0 Å². The smallest absolute Gasteiger partial charge is 0.164 e. The average Bonchev–Trinajstić information content (AvgIpc) is 2.76. The number of rotatable bonds is 3. The molecule has 2 aromatic carbocycles. The molecule has 4 heteroatoms. The monoisotopic (exact) mass is 693 g/mol. The van der Waals surface area contributed by atoms with Gasteiger partial charge in [-0.25, -0.2) is 0 Å². The van der Waals surface area contributed by atoms with Gasteiger partial charge in [0.25, 0.3) is 0 Å². The van der Waals surface area contributed by atoms with Crippen LogP contribution in [0, 0.1) is 23.8 Å². The molecule has 0 saturated carbocycles. The van der Waals surface area contributed by atoms with E-state index in [1.807, 2.05) is 41.5 Å². The summed E-state index contributed by atoms with van der Waals surface area (Å²) in [5.41, 5.74) is 5.12. The number of hydrogen-bond acceptors (Lipinski definition) is 3. The molecule has 0 atom stereocenters. The number of pyridine rings is 1. The molecule has 0 aliphatic heterocycles. The number of nitrogens with zero attached hydrogens (tertiary/aromatic N) is 1. The number of ketones is 1. The fourth-order valence-corrected chi connectivity index (χ4v) is 3.65. The number of carbonyl (C=O) groups excluding carboxylic acids is 1. The molecule has 0 saturated heterocycles. The van der Waals surface area contributed by atoms with Gasteiger partial charge in [0.1, 0.15) is 5.76 Å². The standard InChI is InChI=1S/C23H26N.C11H20O2.Ir/c1-15(2)22-20-10-8-7-9-17(20)14-21(24-22)18-11-16(3)12-19(13-18)23(4,5)6;1-10(2,3)8(12)7-9(13)11(4,5)6;/h7-10,12-15H,1-6H3;7,12H,1-6H3;/q-1;;/b;8-7-;. The van der Waals surface area contributed by atoms with Crippen LogP contribution in [-0.2, 0) is 30.3 Å². The van der Waals surface area contributed by atoms with Gasteiger partial charge in [0.05, 0.1) is 0 Å². The third kappa shape index (κ3) is 9.17. The van der Waals surface area contributed by atoms with Crippen molar-refractivity contribution in [1.82, 2.24) is 4.98 Å². The average molecular weight is 693 g/mol. The number of aliphatic hydroxyl groups is 1. The molecule has 209 valence electrons. The number of fused-ring (bicyclic) bond motifs is 1. The normalized spacial score (nSPS) is 12.6. The molecule has 38 heavy (non-hydrogen) atoms. The molecule has 1 aromatic heterocycles. The molecule has 1 heterocycles. The third-order valence-corrected chi connectivity index (χ3v) is 6.24. The molecule has 1 N–H and O–H groups in total. The second-order valence-corrected chi connectivity index (χ2v) is 13.4. The van der Waals surface area contributed by atoms with Crippen molar-refractivity contribution >= 4 is 16.6 Å². The fourth-order valence-electron chi connectivity index (χ4n) is 3.65. The zero-order valence-corrected chi connectivity index (χ0v) is 27.7. The van der Waals surface area contributed by atoms with Crippen LogP contribution in [0.25, 0.3) is 22.0 Å². The molecule has 0 aliphatic carbocycles. The van der Waals surface area contributed by atoms with E-state index in [2.05, 4.69) is 90.1 Å². The van der Waals surface area contributed by atoms with E-state index in [-0.39, 0.29) is 42.5 Å². The van der Waals surface area contributed by atoms with Crippen molar-refractivity contribution in [2.45, 2.75) is 94.4 Å². The minimum absolute atomic E-state index is 0. The van der Waals surface area contributed by atoms with Crippen LogP contribution in [0.1, 0.15) is 98.9 Å². The minimum Gasteiger partial charge on any atom is -0.512 e. The van der Waals surface area contributed by atoms with Gasteiger partial charge in [-0.2, -0.15) is 0 Å². The molecule has 3 rings (SSSR count). The van der Waals surface area contributed by atoms with E-state index in [1.165, 1.54) is 28.0 Å². The second-order valence-electron chi connectivity index (χ2n) is 13.4. The van der Waals surface area contributed by atoms with Crippen LogP contribution in [-0.4, -0.2) is 15.9 Å². The van der Waals surface area contributed by atoms with E-state index in [4.69, 9.17) is 4.98 Å². The Bertz CT molecular complexity index is 1280. The Hall–Kier alpha value is -2.29. The molecule has 0 fully saturated rings. The summed E-state index contributed by atoms with van der Waals surface area (Å²) >= 11 is 0. The van der Waals surface area contributed by atoms with Crippen molar-refractivity contribution in [3.05, 3.63) is 77.2 Å². The Balaban J connectivity index is 0.000000444. The van der Waals surface area contributed by atoms with E-state index in [0.717, 1.165) is 17.0 Å². The summed E-state index contributed by atoms with van der Waals surface area (Å²) < 4.78 is 0. The number of benzene rings is 2. The van der Waals surface area contributed by atoms with Gasteiger partial charge in [0.2, 0.25) is 0 Å². The molecule has 0 unspecified atom stereocenters. The van der Waals surface area contributed by atoms with Crippen LogP contribution in [0.4, 0.5) is 0 Å². The van der Waals surface area contributed by atoms with Crippen LogP contribution < -0.4 is 0 Å². The zero-order chi connectivity index (χ0) is 28.3. The topological polar surface area (TPSA) is 50.2 Å². The van der Waals surface area contributed by atoms with Gasteiger partial charge in [-0.05, 0) is 22.4 Å². The first-order valence-corrected chi connectivity index (χ1v) is 13.2. The summed E-state index contributed by atoms with van der Waals surface area (Å²) in [4.78, 5) is 16.5. The molecule has 3 nitrogen and oxygen atoms in total. The summed E-state index contributed by atoms with van der Waals surface area (Å²) in [6.07, 6.45) is 1.33. The van der Waals surface area contributed by atoms with Crippen molar-refractivity contribution in [3.8, 4) is 11.3 Å². The Kier molecular flexibility index (Phi) is 11.3. The maximum absolute atomic E-state index is 11.5. The maximum Gasteiger partial charge on any atom is 0.164 e. The van der Waals surface area contributed by atoms with Gasteiger partial charge in [-0.3, -0.25) is 4.79 Å². The number of hydrogen-bond donors (Lipinski definition) is 1. The molecule has 0 spiro atoms. The summed E-state index contributed by atoms with van der Waals surface area (Å²) in [5, 5.41) is 12.1. The van der Waals surface area contributed by atoms with Crippen molar-refractivity contribution in [1.29, 1.82) is 0 Å². The predicted molar refractivity (Wildman–Crippen MR) is 158 cm³/mol. The Labute approximate surface area is 244 Å². The Morgan fingerprint density at radius 2 is 1.50 bits per heavy atom. The van der Waals surface area contributed by atoms with Crippen LogP contribution in [0.2, 0.25) is 0 Å². The third-order valence-electron chi connectivity index (χ3n) is 6.24. The maximum atomic E-state index is 11.5. The SMILES string of the molecule is CC(C)(C)C(=O)/C=C(\O)C(C)(C)C.Cc1[c-]c(-c2cc3ccccc3c(C(C)C)n2)cc(C(C)(C)C)c1.[Ir]. The molecule has 0 amide bonds. The van der Waals surface area contributed by atoms with Crippen molar-refractivity contribution in [2.75, 3.05) is 0 Å². The Morgan fingerprint density at radius 3 is 2.00 bits per heavy atom. The molecule has 0 aliphatic rings. The molecular formula is C34H46IrNO2-. The summed E-state index contributed by atoms with van der Waals surface area (Å²) in [6, 6.07) is 18.7. The number of aryl methyl sites for hydroxylation is 1. The zero-order valence-electron chi connectivity index (χ0n) is 25.3. The number of allylic oxidation sites excluding steroid dienone is 2. The first-order chi connectivity index (χ1) is 16.8. The van der Waals surface area contributed by atoms with Gasteiger partial charge in [-0.15, -0.1) is 34.9 Å². The van der Waals surface area contributed by atoms with Gasteiger partial charge in [0, 0.05) is 48.1 Å². The molecular weight excluding hydrogens is 647 g/mol. The van der Waals surface area contributed by atoms with E-state index < -0.39 is 5.41 Å². The second kappa shape index (κ2) is 12.7. The van der Waals surface area contributed by atoms with Crippen LogP contribution in [0.5, 0.6) is 0 Å². The summed E-state index contributed by atoms with van der Waals surface area (Å²) in [6.45, 7) is 24.4. The van der Waals surface area contributed by atoms with Gasteiger partial charge in [0.15, 0.2) is 5.78 Å². The van der Waals surface area contributed by atoms with E-state index in [0.29, 0.717) is 5.92 Å². The number of aromatic nitrogens is 1. The summed E-state index contributed by atoms with van der Waals surface area (Å²) in [7, 11) is 0. The fraction of sp³-hybridized carbons (Fsp3) is 0.471. The van der Waals surface area contributed by atoms with Crippen molar-refractivity contribution in [2.24, 2.45) is 10.8 Å². The van der Waals surface area contributed by atoms with Gasteiger partial charge in [-0.1, -0.05) is 113 Å². The van der Waals surface area contributed by atoms with E-state index in [9.17, 15) is 9.90 Å². The van der Waals surface area contributed by atoms with Crippen molar-refractivity contribution in [3.63, 3.8) is 0 Å². The summed E-state index contributed by atoms with van der Waals surface area (Å²) in [5.74, 6) is 0.495. The van der Waals surface area contributed by atoms with Gasteiger partial charge >= 0.3 is 0 Å². The number of aliphatic hydroxyl groups excluding tert-OH is 1. The molecule has 0 bridgehead atoms. The first-order valence-electron chi connectivity index (χ1n) is 13.2. The molecule has 3 aromatic rings. The van der Waals surface area contributed by atoms with Crippen LogP contribution >= 0.6 is 0 Å². The van der Waals surface area contributed by atoms with E-state index >= 15 is 0 Å². The quantitative estimate of drug-likeness (QED) is 0.169. The van der Waals surface area contributed by atoms with Crippen LogP contribution in [0.15, 0.2) is 54.3 Å². The minimum atomic E-state index is -0.417. The largest absolute Gasteiger partial charge is 0.512 e.